The summed E-state index contributed by atoms with van der Waals surface area (Å²) in [5.41, 5.74) is 1.78. The molecule has 2 aromatic carbocycles. The highest BCUT2D eigenvalue weighted by Gasteiger charge is 2.24. The summed E-state index contributed by atoms with van der Waals surface area (Å²) < 4.78 is 33.3. The van der Waals surface area contributed by atoms with Crippen molar-refractivity contribution in [2.75, 3.05) is 6.54 Å². The molecular weight excluding hydrogens is 444 g/mol. The number of sulfonamides is 1. The van der Waals surface area contributed by atoms with Gasteiger partial charge in [0, 0.05) is 17.5 Å². The first-order valence-corrected chi connectivity index (χ1v) is 11.3. The number of nitrogens with one attached hydrogen (secondary N) is 1. The van der Waals surface area contributed by atoms with E-state index in [1.807, 2.05) is 0 Å². The van der Waals surface area contributed by atoms with Gasteiger partial charge in [0.1, 0.15) is 0 Å². The number of amides is 1. The molecule has 0 saturated carbocycles. The van der Waals surface area contributed by atoms with Crippen molar-refractivity contribution < 1.29 is 27.2 Å². The Balaban J connectivity index is 1.55. The lowest BCUT2D eigenvalue weighted by Gasteiger charge is -2.13. The summed E-state index contributed by atoms with van der Waals surface area (Å²) in [7, 11) is -3.75. The zero-order valence-electron chi connectivity index (χ0n) is 16.8. The topological polar surface area (TPSA) is 129 Å². The summed E-state index contributed by atoms with van der Waals surface area (Å²) >= 11 is 6.10. The van der Waals surface area contributed by atoms with Crippen molar-refractivity contribution in [2.24, 2.45) is 5.14 Å². The Morgan fingerprint density at radius 1 is 1.19 bits per heavy atom. The Morgan fingerprint density at radius 3 is 2.48 bits per heavy atom. The number of carbonyl (C=O) groups is 2. The first-order chi connectivity index (χ1) is 14.6. The second kappa shape index (κ2) is 9.09. The number of fused-ring (bicyclic) bond motifs is 1. The van der Waals surface area contributed by atoms with Crippen LogP contribution in [-0.4, -0.2) is 32.9 Å². The number of hydrogen-bond donors (Lipinski definition) is 2. The highest BCUT2D eigenvalue weighted by atomic mass is 35.5. The molecule has 1 atom stereocenters. The molecule has 1 heterocycles. The van der Waals surface area contributed by atoms with Crippen LogP contribution in [0.25, 0.3) is 11.0 Å². The fourth-order valence-corrected chi connectivity index (χ4v) is 3.72. The molecule has 3 aromatic rings. The minimum atomic E-state index is -3.75. The number of esters is 1. The van der Waals surface area contributed by atoms with E-state index in [9.17, 15) is 18.0 Å². The lowest BCUT2D eigenvalue weighted by atomic mass is 10.1. The highest BCUT2D eigenvalue weighted by molar-refractivity contribution is 7.89. The summed E-state index contributed by atoms with van der Waals surface area (Å²) in [6, 6.07) is 11.2. The van der Waals surface area contributed by atoms with Gasteiger partial charge in [0.25, 0.3) is 5.91 Å². The number of benzene rings is 2. The number of ether oxygens (including phenoxy) is 1. The maximum absolute atomic E-state index is 12.5. The van der Waals surface area contributed by atoms with E-state index in [0.717, 1.165) is 5.56 Å². The Bertz CT molecular complexity index is 1230. The maximum Gasteiger partial charge on any atom is 0.375 e. The van der Waals surface area contributed by atoms with Crippen LogP contribution in [0.4, 0.5) is 0 Å². The number of para-hydroxylation sites is 1. The zero-order valence-corrected chi connectivity index (χ0v) is 18.4. The third-order valence-electron chi connectivity index (χ3n) is 4.72. The molecule has 0 saturated heterocycles. The summed E-state index contributed by atoms with van der Waals surface area (Å²) in [6.07, 6.45) is -0.585. The summed E-state index contributed by atoms with van der Waals surface area (Å²) in [6.45, 7) is 3.44. The number of nitrogens with two attached hydrogens (primary N) is 1. The van der Waals surface area contributed by atoms with E-state index in [2.05, 4.69) is 5.32 Å². The predicted molar refractivity (Wildman–Crippen MR) is 115 cm³/mol. The average Bonchev–Trinajstić information content (AvgIpc) is 3.06. The molecule has 1 aromatic heterocycles. The molecule has 1 amide bonds. The third-order valence-corrected chi connectivity index (χ3v) is 5.95. The number of rotatable bonds is 7. The van der Waals surface area contributed by atoms with Gasteiger partial charge in [0.2, 0.25) is 15.8 Å². The first kappa shape index (κ1) is 22.8. The van der Waals surface area contributed by atoms with Crippen molar-refractivity contribution in [3.05, 3.63) is 64.4 Å². The molecule has 3 N–H and O–H groups in total. The van der Waals surface area contributed by atoms with Gasteiger partial charge in [0.15, 0.2) is 11.7 Å². The molecule has 0 fully saturated rings. The van der Waals surface area contributed by atoms with E-state index in [0.29, 0.717) is 28.0 Å². The van der Waals surface area contributed by atoms with Crippen LogP contribution in [0.2, 0.25) is 5.02 Å². The number of carbonyl (C=O) groups excluding carboxylic acids is 2. The van der Waals surface area contributed by atoms with Crippen molar-refractivity contribution in [3.8, 4) is 0 Å². The van der Waals surface area contributed by atoms with Crippen molar-refractivity contribution in [3.63, 3.8) is 0 Å². The first-order valence-electron chi connectivity index (χ1n) is 9.36. The normalized spacial score (nSPS) is 12.5. The van der Waals surface area contributed by atoms with E-state index in [1.165, 1.54) is 19.1 Å². The molecule has 0 radical (unpaired) electrons. The van der Waals surface area contributed by atoms with E-state index in [1.54, 1.807) is 37.3 Å². The van der Waals surface area contributed by atoms with Crippen LogP contribution >= 0.6 is 11.6 Å². The molecule has 0 bridgehead atoms. The van der Waals surface area contributed by atoms with Crippen LogP contribution in [-0.2, 0) is 26.0 Å². The molecule has 0 aliphatic heterocycles. The summed E-state index contributed by atoms with van der Waals surface area (Å²) in [4.78, 5) is 24.7. The number of hydrogen-bond acceptors (Lipinski definition) is 6. The van der Waals surface area contributed by atoms with Crippen LogP contribution in [0.1, 0.15) is 28.6 Å². The number of primary sulfonamides is 1. The average molecular weight is 465 g/mol. The van der Waals surface area contributed by atoms with Crippen LogP contribution in [0.5, 0.6) is 0 Å². The largest absolute Gasteiger partial charge is 0.447 e. The lowest BCUT2D eigenvalue weighted by molar-refractivity contribution is -0.129. The molecule has 0 aliphatic carbocycles. The zero-order chi connectivity index (χ0) is 22.8. The molecule has 164 valence electrons. The molecule has 0 spiro atoms. The SMILES string of the molecule is Cc1c(C(=O)OC(C)C(=O)NCCc2ccc(S(N)(=O)=O)cc2)oc2c(Cl)cccc12. The summed E-state index contributed by atoms with van der Waals surface area (Å²) in [5, 5.41) is 8.81. The van der Waals surface area contributed by atoms with Gasteiger partial charge >= 0.3 is 5.97 Å². The molecule has 0 aliphatic rings. The van der Waals surface area contributed by atoms with Crippen molar-refractivity contribution in [1.82, 2.24) is 5.32 Å². The van der Waals surface area contributed by atoms with Crippen molar-refractivity contribution in [1.29, 1.82) is 0 Å². The van der Waals surface area contributed by atoms with Crippen LogP contribution in [0, 0.1) is 6.92 Å². The predicted octanol–water partition coefficient (Wildman–Crippen LogP) is 2.95. The second-order valence-corrected chi connectivity index (χ2v) is 8.92. The highest BCUT2D eigenvalue weighted by Crippen LogP contribution is 2.31. The van der Waals surface area contributed by atoms with E-state index >= 15 is 0 Å². The molecule has 1 unspecified atom stereocenters. The Kier molecular flexibility index (Phi) is 6.68. The fourth-order valence-electron chi connectivity index (χ4n) is 2.99. The Morgan fingerprint density at radius 2 is 1.87 bits per heavy atom. The minimum absolute atomic E-state index is 0.00213. The molecule has 10 heteroatoms. The Labute approximate surface area is 184 Å². The number of aryl methyl sites for hydroxylation is 1. The molecule has 31 heavy (non-hydrogen) atoms. The van der Waals surface area contributed by atoms with Gasteiger partial charge in [-0.15, -0.1) is 0 Å². The number of furan rings is 1. The van der Waals surface area contributed by atoms with Crippen LogP contribution < -0.4 is 10.5 Å². The van der Waals surface area contributed by atoms with Gasteiger partial charge in [-0.25, -0.2) is 18.4 Å². The van der Waals surface area contributed by atoms with Gasteiger partial charge in [-0.05, 0) is 44.0 Å². The van der Waals surface area contributed by atoms with Gasteiger partial charge in [-0.2, -0.15) is 0 Å². The van der Waals surface area contributed by atoms with Gasteiger partial charge in [-0.1, -0.05) is 35.9 Å². The second-order valence-electron chi connectivity index (χ2n) is 6.95. The monoisotopic (exact) mass is 464 g/mol. The minimum Gasteiger partial charge on any atom is -0.447 e. The number of halogens is 1. The third kappa shape index (κ3) is 5.25. The van der Waals surface area contributed by atoms with Crippen LogP contribution in [0.3, 0.4) is 0 Å². The van der Waals surface area contributed by atoms with Crippen molar-refractivity contribution >= 4 is 44.5 Å². The van der Waals surface area contributed by atoms with Gasteiger partial charge in [-0.3, -0.25) is 4.79 Å². The van der Waals surface area contributed by atoms with E-state index < -0.39 is 28.0 Å². The smallest absolute Gasteiger partial charge is 0.375 e. The van der Waals surface area contributed by atoms with Crippen molar-refractivity contribution in [2.45, 2.75) is 31.3 Å². The van der Waals surface area contributed by atoms with Gasteiger partial charge < -0.3 is 14.5 Å². The van der Waals surface area contributed by atoms with Gasteiger partial charge in [0.05, 0.1) is 9.92 Å². The Hall–Kier alpha value is -2.88. The van der Waals surface area contributed by atoms with E-state index in [4.69, 9.17) is 25.9 Å². The molecule has 8 nitrogen and oxygen atoms in total. The molecular formula is C21H21ClN2O6S. The standard InChI is InChI=1S/C21H21ClN2O6S/c1-12-16-4-3-5-17(22)19(16)30-18(12)21(26)29-13(2)20(25)24-11-10-14-6-8-15(9-7-14)31(23,27)28/h3-9,13H,10-11H2,1-2H3,(H,24,25)(H2,23,27,28). The summed E-state index contributed by atoms with van der Waals surface area (Å²) in [5.74, 6) is -1.23. The molecule has 3 rings (SSSR count). The van der Waals surface area contributed by atoms with Crippen LogP contribution in [0.15, 0.2) is 51.8 Å². The van der Waals surface area contributed by atoms with E-state index in [-0.39, 0.29) is 17.2 Å². The lowest BCUT2D eigenvalue weighted by Crippen LogP contribution is -2.36. The fraction of sp³-hybridized carbons (Fsp3) is 0.238. The maximum atomic E-state index is 12.5. The quantitative estimate of drug-likeness (QED) is 0.517.